The lowest BCUT2D eigenvalue weighted by molar-refractivity contribution is -0.139. The predicted molar refractivity (Wildman–Crippen MR) is 111 cm³/mol. The van der Waals surface area contributed by atoms with Crippen LogP contribution in [0, 0.1) is 24.6 Å². The minimum absolute atomic E-state index is 0.0920. The standard InChI is InChI=1S/C22H29FN4O4/c1-14-25-21(31-26-14)27-8-5-16(6-9-27)22(24)13-17(22)7-10-30-18-4-3-15(19(23)12-18)11-20(28)29-2/h3-4,12,16-17H,5-11,13,24H2,1-2H3. The number of hydrogen-bond acceptors (Lipinski definition) is 8. The van der Waals surface area contributed by atoms with E-state index >= 15 is 0 Å². The van der Waals surface area contributed by atoms with E-state index in [1.54, 1.807) is 12.1 Å². The summed E-state index contributed by atoms with van der Waals surface area (Å²) in [6, 6.07) is 5.15. The van der Waals surface area contributed by atoms with E-state index in [0.29, 0.717) is 41.6 Å². The first kappa shape index (κ1) is 21.5. The number of hydrogen-bond donors (Lipinski definition) is 1. The van der Waals surface area contributed by atoms with Crippen LogP contribution >= 0.6 is 0 Å². The van der Waals surface area contributed by atoms with Crippen molar-refractivity contribution in [2.75, 3.05) is 31.7 Å². The van der Waals surface area contributed by atoms with Crippen LogP contribution in [0.4, 0.5) is 10.4 Å². The van der Waals surface area contributed by atoms with Gasteiger partial charge >= 0.3 is 12.0 Å². The number of aromatic nitrogens is 2. The van der Waals surface area contributed by atoms with Crippen molar-refractivity contribution in [1.82, 2.24) is 10.1 Å². The Hall–Kier alpha value is -2.68. The molecule has 1 aliphatic carbocycles. The second-order valence-corrected chi connectivity index (χ2v) is 8.54. The Morgan fingerprint density at radius 3 is 2.81 bits per heavy atom. The molecule has 168 valence electrons. The topological polar surface area (TPSA) is 104 Å². The minimum atomic E-state index is -0.473. The zero-order valence-corrected chi connectivity index (χ0v) is 18.0. The molecule has 2 atom stereocenters. The van der Waals surface area contributed by atoms with Gasteiger partial charge in [0, 0.05) is 24.7 Å². The van der Waals surface area contributed by atoms with Crippen molar-refractivity contribution in [3.05, 3.63) is 35.4 Å². The molecule has 1 saturated carbocycles. The van der Waals surface area contributed by atoms with Crippen molar-refractivity contribution in [2.24, 2.45) is 17.6 Å². The number of nitrogens with zero attached hydrogens (tertiary/aromatic N) is 3. The van der Waals surface area contributed by atoms with Gasteiger partial charge in [0.15, 0.2) is 5.82 Å². The smallest absolute Gasteiger partial charge is 0.324 e. The molecule has 4 rings (SSSR count). The third-order valence-electron chi connectivity index (χ3n) is 6.56. The summed E-state index contributed by atoms with van der Waals surface area (Å²) >= 11 is 0. The molecule has 0 amide bonds. The van der Waals surface area contributed by atoms with Gasteiger partial charge < -0.3 is 24.6 Å². The van der Waals surface area contributed by atoms with Gasteiger partial charge in [0.05, 0.1) is 20.1 Å². The number of piperidine rings is 1. The molecular formula is C22H29FN4O4. The summed E-state index contributed by atoms with van der Waals surface area (Å²) in [5.41, 5.74) is 6.86. The predicted octanol–water partition coefficient (Wildman–Crippen LogP) is 2.64. The maximum absolute atomic E-state index is 14.1. The van der Waals surface area contributed by atoms with Gasteiger partial charge in [0.25, 0.3) is 0 Å². The van der Waals surface area contributed by atoms with Crippen LogP contribution in [0.25, 0.3) is 0 Å². The number of carbonyl (C=O) groups excluding carboxylic acids is 1. The highest BCUT2D eigenvalue weighted by Crippen LogP contribution is 2.52. The second kappa shape index (κ2) is 8.82. The molecule has 0 bridgehead atoms. The third kappa shape index (κ3) is 4.81. The van der Waals surface area contributed by atoms with Crippen molar-refractivity contribution >= 4 is 12.0 Å². The monoisotopic (exact) mass is 432 g/mol. The zero-order chi connectivity index (χ0) is 22.0. The first-order valence-corrected chi connectivity index (χ1v) is 10.7. The van der Waals surface area contributed by atoms with Crippen molar-refractivity contribution in [1.29, 1.82) is 0 Å². The number of esters is 1. The van der Waals surface area contributed by atoms with E-state index in [-0.39, 0.29) is 12.0 Å². The molecule has 1 aromatic heterocycles. The molecule has 1 saturated heterocycles. The number of rotatable bonds is 8. The van der Waals surface area contributed by atoms with E-state index in [0.717, 1.165) is 38.8 Å². The number of ether oxygens (including phenoxy) is 2. The summed E-state index contributed by atoms with van der Waals surface area (Å²) in [6.07, 6.45) is 3.74. The van der Waals surface area contributed by atoms with Crippen molar-refractivity contribution in [3.8, 4) is 5.75 Å². The van der Waals surface area contributed by atoms with Crippen LogP contribution in [0.2, 0.25) is 0 Å². The number of methoxy groups -OCH3 is 1. The van der Waals surface area contributed by atoms with Crippen molar-refractivity contribution in [2.45, 2.75) is 44.6 Å². The quantitative estimate of drug-likeness (QED) is 0.635. The van der Waals surface area contributed by atoms with Crippen LogP contribution in [0.5, 0.6) is 5.75 Å². The van der Waals surface area contributed by atoms with E-state index in [1.807, 2.05) is 6.92 Å². The van der Waals surface area contributed by atoms with Crippen molar-refractivity contribution < 1.29 is 23.2 Å². The average molecular weight is 432 g/mol. The SMILES string of the molecule is COC(=O)Cc1ccc(OCCC2CC2(N)C2CCN(c3nc(C)no3)CC2)cc1F. The lowest BCUT2D eigenvalue weighted by Gasteiger charge is -2.34. The van der Waals surface area contributed by atoms with Gasteiger partial charge in [-0.05, 0) is 56.1 Å². The molecule has 1 aromatic carbocycles. The Balaban J connectivity index is 1.21. The normalized spacial score (nSPS) is 23.6. The van der Waals surface area contributed by atoms with Crippen LogP contribution in [0.3, 0.4) is 0 Å². The van der Waals surface area contributed by atoms with Gasteiger partial charge in [0.1, 0.15) is 11.6 Å². The number of halogens is 1. The van der Waals surface area contributed by atoms with Crippen LogP contribution < -0.4 is 15.4 Å². The fraction of sp³-hybridized carbons (Fsp3) is 0.591. The fourth-order valence-corrected chi connectivity index (χ4v) is 4.57. The molecule has 2 N–H and O–H groups in total. The molecule has 8 nitrogen and oxygen atoms in total. The lowest BCUT2D eigenvalue weighted by Crippen LogP contribution is -2.43. The van der Waals surface area contributed by atoms with Gasteiger partial charge in [-0.15, -0.1) is 0 Å². The molecule has 2 aromatic rings. The molecule has 2 heterocycles. The van der Waals surface area contributed by atoms with Crippen molar-refractivity contribution in [3.63, 3.8) is 0 Å². The average Bonchev–Trinajstić information content (AvgIpc) is 3.22. The Morgan fingerprint density at radius 1 is 1.39 bits per heavy atom. The Bertz CT molecular complexity index is 928. The van der Waals surface area contributed by atoms with Gasteiger partial charge in [-0.1, -0.05) is 11.2 Å². The number of benzene rings is 1. The van der Waals surface area contributed by atoms with E-state index in [9.17, 15) is 9.18 Å². The van der Waals surface area contributed by atoms with E-state index in [1.165, 1.54) is 13.2 Å². The molecule has 2 fully saturated rings. The zero-order valence-electron chi connectivity index (χ0n) is 18.0. The maximum Gasteiger partial charge on any atom is 0.324 e. The summed E-state index contributed by atoms with van der Waals surface area (Å²) in [4.78, 5) is 17.7. The summed E-state index contributed by atoms with van der Waals surface area (Å²) in [5, 5.41) is 3.86. The lowest BCUT2D eigenvalue weighted by atomic mass is 9.86. The van der Waals surface area contributed by atoms with Crippen LogP contribution in [-0.4, -0.2) is 48.5 Å². The molecule has 0 spiro atoms. The Kier molecular flexibility index (Phi) is 6.13. The van der Waals surface area contributed by atoms with Gasteiger partial charge in [-0.2, -0.15) is 4.98 Å². The third-order valence-corrected chi connectivity index (χ3v) is 6.56. The highest BCUT2D eigenvalue weighted by molar-refractivity contribution is 5.72. The number of anilines is 1. The molecule has 31 heavy (non-hydrogen) atoms. The van der Waals surface area contributed by atoms with Gasteiger partial charge in [0.2, 0.25) is 0 Å². The number of nitrogens with two attached hydrogens (primary N) is 1. The molecule has 9 heteroatoms. The van der Waals surface area contributed by atoms with Gasteiger partial charge in [-0.3, -0.25) is 4.79 Å². The Morgan fingerprint density at radius 2 is 2.16 bits per heavy atom. The molecular weight excluding hydrogens is 403 g/mol. The second-order valence-electron chi connectivity index (χ2n) is 8.54. The maximum atomic E-state index is 14.1. The van der Waals surface area contributed by atoms with E-state index < -0.39 is 11.8 Å². The van der Waals surface area contributed by atoms with Crippen LogP contribution in [-0.2, 0) is 16.0 Å². The fourth-order valence-electron chi connectivity index (χ4n) is 4.57. The number of carbonyl (C=O) groups is 1. The summed E-state index contributed by atoms with van der Waals surface area (Å²) in [6.45, 7) is 4.04. The molecule has 1 aliphatic heterocycles. The van der Waals surface area contributed by atoms with Crippen LogP contribution in [0.15, 0.2) is 22.7 Å². The van der Waals surface area contributed by atoms with E-state index in [2.05, 4.69) is 19.8 Å². The summed E-state index contributed by atoms with van der Waals surface area (Å²) < 4.78 is 29.7. The highest BCUT2D eigenvalue weighted by Gasteiger charge is 2.55. The minimum Gasteiger partial charge on any atom is -0.493 e. The highest BCUT2D eigenvalue weighted by atomic mass is 19.1. The van der Waals surface area contributed by atoms with Gasteiger partial charge in [-0.25, -0.2) is 4.39 Å². The first-order chi connectivity index (χ1) is 14.9. The number of aryl methyl sites for hydroxylation is 1. The van der Waals surface area contributed by atoms with E-state index in [4.69, 9.17) is 15.0 Å². The molecule has 2 aliphatic rings. The molecule has 2 unspecified atom stereocenters. The Labute approximate surface area is 180 Å². The summed E-state index contributed by atoms with van der Waals surface area (Å²) in [7, 11) is 1.28. The largest absolute Gasteiger partial charge is 0.493 e. The van der Waals surface area contributed by atoms with Crippen LogP contribution in [0.1, 0.15) is 37.1 Å². The first-order valence-electron chi connectivity index (χ1n) is 10.7. The molecule has 0 radical (unpaired) electrons. The summed E-state index contributed by atoms with van der Waals surface area (Å²) in [5.74, 6) is 1.04.